The molecule has 0 atom stereocenters. The number of halogens is 2. The van der Waals surface area contributed by atoms with Crippen LogP contribution < -0.4 is 5.32 Å². The van der Waals surface area contributed by atoms with Gasteiger partial charge in [0.15, 0.2) is 0 Å². The molecule has 1 aromatic rings. The zero-order valence-corrected chi connectivity index (χ0v) is 15.3. The molecule has 0 bridgehead atoms. The third kappa shape index (κ3) is 6.27. The summed E-state index contributed by atoms with van der Waals surface area (Å²) in [6.45, 7) is 3.57. The predicted octanol–water partition coefficient (Wildman–Crippen LogP) is 5.09. The quantitative estimate of drug-likeness (QED) is 0.690. The lowest BCUT2D eigenvalue weighted by molar-refractivity contribution is -0.116. The summed E-state index contributed by atoms with van der Waals surface area (Å²) in [5.74, 6) is 0.0641. The SMILES string of the molecule is O=C(CCCCN1CCCCCC1)Nc1ccc(Br)c(Cl)c1. The minimum absolute atomic E-state index is 0.0641. The maximum atomic E-state index is 11.9. The number of hydrogen-bond donors (Lipinski definition) is 1. The first-order chi connectivity index (χ1) is 10.6. The average molecular weight is 388 g/mol. The Labute approximate surface area is 146 Å². The highest BCUT2D eigenvalue weighted by molar-refractivity contribution is 9.10. The lowest BCUT2D eigenvalue weighted by Crippen LogP contribution is -2.25. The van der Waals surface area contributed by atoms with Crippen molar-refractivity contribution in [1.82, 2.24) is 4.90 Å². The number of nitrogens with zero attached hydrogens (tertiary/aromatic N) is 1. The molecule has 0 spiro atoms. The van der Waals surface area contributed by atoms with Crippen molar-refractivity contribution < 1.29 is 4.79 Å². The highest BCUT2D eigenvalue weighted by Gasteiger charge is 2.09. The van der Waals surface area contributed by atoms with Gasteiger partial charge in [-0.1, -0.05) is 24.4 Å². The molecule has 2 rings (SSSR count). The van der Waals surface area contributed by atoms with Crippen molar-refractivity contribution in [2.75, 3.05) is 25.0 Å². The van der Waals surface area contributed by atoms with Gasteiger partial charge in [0.05, 0.1) is 5.02 Å². The molecule has 0 aliphatic carbocycles. The van der Waals surface area contributed by atoms with Gasteiger partial charge in [-0.2, -0.15) is 0 Å². The number of unbranched alkanes of at least 4 members (excludes halogenated alkanes) is 1. The predicted molar refractivity (Wildman–Crippen MR) is 96.5 cm³/mol. The van der Waals surface area contributed by atoms with E-state index in [0.29, 0.717) is 11.4 Å². The van der Waals surface area contributed by atoms with Gasteiger partial charge in [0.2, 0.25) is 5.91 Å². The number of anilines is 1. The fourth-order valence-corrected chi connectivity index (χ4v) is 3.21. The monoisotopic (exact) mass is 386 g/mol. The molecule has 1 fully saturated rings. The molecule has 1 heterocycles. The second-order valence-electron chi connectivity index (χ2n) is 5.89. The third-order valence-electron chi connectivity index (χ3n) is 4.03. The van der Waals surface area contributed by atoms with Gasteiger partial charge in [0, 0.05) is 16.6 Å². The average Bonchev–Trinajstić information content (AvgIpc) is 2.76. The molecule has 1 aliphatic heterocycles. The minimum Gasteiger partial charge on any atom is -0.326 e. The van der Waals surface area contributed by atoms with E-state index in [-0.39, 0.29) is 5.91 Å². The summed E-state index contributed by atoms with van der Waals surface area (Å²) < 4.78 is 0.838. The summed E-state index contributed by atoms with van der Waals surface area (Å²) in [5, 5.41) is 3.51. The number of benzene rings is 1. The van der Waals surface area contributed by atoms with Gasteiger partial charge in [-0.05, 0) is 79.4 Å². The zero-order chi connectivity index (χ0) is 15.8. The number of likely N-dealkylation sites (tertiary alicyclic amines) is 1. The zero-order valence-electron chi connectivity index (χ0n) is 12.9. The number of amides is 1. The Balaban J connectivity index is 1.63. The van der Waals surface area contributed by atoms with E-state index < -0.39 is 0 Å². The van der Waals surface area contributed by atoms with Crippen LogP contribution >= 0.6 is 27.5 Å². The number of rotatable bonds is 6. The molecule has 1 N–H and O–H groups in total. The van der Waals surface area contributed by atoms with E-state index in [2.05, 4.69) is 26.1 Å². The number of hydrogen-bond acceptors (Lipinski definition) is 2. The molecular weight excluding hydrogens is 364 g/mol. The molecule has 1 aliphatic rings. The molecule has 22 heavy (non-hydrogen) atoms. The number of nitrogens with one attached hydrogen (secondary N) is 1. The third-order valence-corrected chi connectivity index (χ3v) is 5.26. The molecule has 1 amide bonds. The van der Waals surface area contributed by atoms with E-state index in [4.69, 9.17) is 11.6 Å². The first kappa shape index (κ1) is 17.8. The van der Waals surface area contributed by atoms with Crippen LogP contribution in [-0.2, 0) is 4.79 Å². The largest absolute Gasteiger partial charge is 0.326 e. The standard InChI is InChI=1S/C17H24BrClN2O/c18-15-9-8-14(13-16(15)19)20-17(22)7-3-6-12-21-10-4-1-2-5-11-21/h8-9,13H,1-7,10-12H2,(H,20,22). The Bertz CT molecular complexity index is 488. The second kappa shape index (κ2) is 9.53. The summed E-state index contributed by atoms with van der Waals surface area (Å²) in [4.78, 5) is 14.5. The van der Waals surface area contributed by atoms with Crippen LogP contribution in [0.25, 0.3) is 0 Å². The van der Waals surface area contributed by atoms with Gasteiger partial charge in [-0.25, -0.2) is 0 Å². The van der Waals surface area contributed by atoms with Crippen LogP contribution in [0.3, 0.4) is 0 Å². The minimum atomic E-state index is 0.0641. The van der Waals surface area contributed by atoms with Gasteiger partial charge in [-0.15, -0.1) is 0 Å². The molecule has 0 aromatic heterocycles. The van der Waals surface area contributed by atoms with E-state index >= 15 is 0 Å². The maximum Gasteiger partial charge on any atom is 0.224 e. The van der Waals surface area contributed by atoms with Gasteiger partial charge >= 0.3 is 0 Å². The maximum absolute atomic E-state index is 11.9. The lowest BCUT2D eigenvalue weighted by Gasteiger charge is -2.19. The van der Waals surface area contributed by atoms with Crippen molar-refractivity contribution in [1.29, 1.82) is 0 Å². The summed E-state index contributed by atoms with van der Waals surface area (Å²) >= 11 is 9.36. The summed E-state index contributed by atoms with van der Waals surface area (Å²) in [6, 6.07) is 5.46. The molecule has 122 valence electrons. The highest BCUT2D eigenvalue weighted by Crippen LogP contribution is 2.25. The molecule has 1 saturated heterocycles. The van der Waals surface area contributed by atoms with Crippen LogP contribution in [0, 0.1) is 0 Å². The van der Waals surface area contributed by atoms with Gasteiger partial charge in [0.25, 0.3) is 0 Å². The van der Waals surface area contributed by atoms with Crippen LogP contribution in [0.15, 0.2) is 22.7 Å². The van der Waals surface area contributed by atoms with E-state index in [0.717, 1.165) is 29.5 Å². The first-order valence-corrected chi connectivity index (χ1v) is 9.29. The molecule has 0 radical (unpaired) electrons. The lowest BCUT2D eigenvalue weighted by atomic mass is 10.2. The Kier molecular flexibility index (Phi) is 7.70. The molecular formula is C17H24BrClN2O. The fraction of sp³-hybridized carbons (Fsp3) is 0.588. The van der Waals surface area contributed by atoms with Crippen molar-refractivity contribution in [3.05, 3.63) is 27.7 Å². The number of carbonyl (C=O) groups is 1. The van der Waals surface area contributed by atoms with Crippen LogP contribution in [0.5, 0.6) is 0 Å². The molecule has 0 saturated carbocycles. The van der Waals surface area contributed by atoms with E-state index in [1.54, 1.807) is 6.07 Å². The highest BCUT2D eigenvalue weighted by atomic mass is 79.9. The Morgan fingerprint density at radius 1 is 1.18 bits per heavy atom. The Morgan fingerprint density at radius 2 is 1.91 bits per heavy atom. The first-order valence-electron chi connectivity index (χ1n) is 8.12. The smallest absolute Gasteiger partial charge is 0.224 e. The topological polar surface area (TPSA) is 32.3 Å². The van der Waals surface area contributed by atoms with E-state index in [1.807, 2.05) is 12.1 Å². The Hall–Kier alpha value is -0.580. The van der Waals surface area contributed by atoms with Crippen LogP contribution in [0.1, 0.15) is 44.9 Å². The van der Waals surface area contributed by atoms with Gasteiger partial charge in [-0.3, -0.25) is 4.79 Å². The van der Waals surface area contributed by atoms with Crippen LogP contribution in [0.4, 0.5) is 5.69 Å². The van der Waals surface area contributed by atoms with E-state index in [9.17, 15) is 4.79 Å². The van der Waals surface area contributed by atoms with Gasteiger partial charge in [0.1, 0.15) is 0 Å². The van der Waals surface area contributed by atoms with Crippen LogP contribution in [-0.4, -0.2) is 30.4 Å². The van der Waals surface area contributed by atoms with E-state index in [1.165, 1.54) is 38.8 Å². The molecule has 1 aromatic carbocycles. The van der Waals surface area contributed by atoms with Crippen LogP contribution in [0.2, 0.25) is 5.02 Å². The molecule has 0 unspecified atom stereocenters. The summed E-state index contributed by atoms with van der Waals surface area (Å²) in [6.07, 6.45) is 7.99. The fourth-order valence-electron chi connectivity index (χ4n) is 2.78. The van der Waals surface area contributed by atoms with Crippen molar-refractivity contribution in [3.8, 4) is 0 Å². The summed E-state index contributed by atoms with van der Waals surface area (Å²) in [7, 11) is 0. The van der Waals surface area contributed by atoms with Crippen molar-refractivity contribution >= 4 is 39.1 Å². The second-order valence-corrected chi connectivity index (χ2v) is 7.15. The number of carbonyl (C=O) groups excluding carboxylic acids is 1. The molecule has 5 heteroatoms. The molecule has 3 nitrogen and oxygen atoms in total. The van der Waals surface area contributed by atoms with Crippen molar-refractivity contribution in [2.24, 2.45) is 0 Å². The van der Waals surface area contributed by atoms with Gasteiger partial charge < -0.3 is 10.2 Å². The van der Waals surface area contributed by atoms with Crippen molar-refractivity contribution in [3.63, 3.8) is 0 Å². The Morgan fingerprint density at radius 3 is 2.59 bits per heavy atom. The van der Waals surface area contributed by atoms with Crippen molar-refractivity contribution in [2.45, 2.75) is 44.9 Å². The normalized spacial score (nSPS) is 16.3. The summed E-state index contributed by atoms with van der Waals surface area (Å²) in [5.41, 5.74) is 0.755.